The van der Waals surface area contributed by atoms with Crippen molar-refractivity contribution in [3.05, 3.63) is 23.5 Å². The molecule has 17 heavy (non-hydrogen) atoms. The smallest absolute Gasteiger partial charge is 0.182 e. The normalized spacial score (nSPS) is 11.5. The summed E-state index contributed by atoms with van der Waals surface area (Å²) in [6.45, 7) is 0.576. The molecule has 0 amide bonds. The van der Waals surface area contributed by atoms with Gasteiger partial charge in [-0.15, -0.1) is 0 Å². The van der Waals surface area contributed by atoms with E-state index in [9.17, 15) is 12.8 Å². The van der Waals surface area contributed by atoms with Gasteiger partial charge in [0.05, 0.1) is 7.11 Å². The predicted molar refractivity (Wildman–Crippen MR) is 63.7 cm³/mol. The van der Waals surface area contributed by atoms with Crippen LogP contribution in [0.3, 0.4) is 0 Å². The highest BCUT2D eigenvalue weighted by Gasteiger charge is 2.22. The van der Waals surface area contributed by atoms with Crippen molar-refractivity contribution in [3.8, 4) is 5.75 Å². The van der Waals surface area contributed by atoms with Crippen molar-refractivity contribution >= 4 is 9.84 Å². The Kier molecular flexibility index (Phi) is 4.47. The maximum absolute atomic E-state index is 14.1. The number of nitrogens with one attached hydrogen (secondary N) is 1. The molecule has 0 aromatic heterocycles. The molecule has 0 saturated carbocycles. The molecule has 1 aromatic rings. The second kappa shape index (κ2) is 5.46. The lowest BCUT2D eigenvalue weighted by atomic mass is 10.1. The molecule has 1 rings (SSSR count). The summed E-state index contributed by atoms with van der Waals surface area (Å²) in [5.74, 6) is -0.680. The topological polar surface area (TPSA) is 55.4 Å². The van der Waals surface area contributed by atoms with Crippen molar-refractivity contribution in [2.75, 3.05) is 27.0 Å². The Morgan fingerprint density at radius 3 is 2.53 bits per heavy atom. The molecule has 1 N–H and O–H groups in total. The summed E-state index contributed by atoms with van der Waals surface area (Å²) in [5.41, 5.74) is 0.362. The zero-order valence-electron chi connectivity index (χ0n) is 10.1. The minimum absolute atomic E-state index is 0.0400. The van der Waals surface area contributed by atoms with Crippen molar-refractivity contribution < 1.29 is 17.5 Å². The summed E-state index contributed by atoms with van der Waals surface area (Å²) in [6, 6.07) is 3.02. The van der Waals surface area contributed by atoms with Gasteiger partial charge in [0.25, 0.3) is 0 Å². The summed E-state index contributed by atoms with van der Waals surface area (Å²) in [4.78, 5) is -0.367. The molecule has 0 bridgehead atoms. The SMILES string of the molecule is CNCCc1ccc(OC)c(S(C)(=O)=O)c1F. The van der Waals surface area contributed by atoms with Gasteiger partial charge in [-0.2, -0.15) is 0 Å². The van der Waals surface area contributed by atoms with Crippen LogP contribution in [0.15, 0.2) is 17.0 Å². The highest BCUT2D eigenvalue weighted by molar-refractivity contribution is 7.90. The fraction of sp³-hybridized carbons (Fsp3) is 0.455. The van der Waals surface area contributed by atoms with Crippen LogP contribution < -0.4 is 10.1 Å². The Hall–Kier alpha value is -1.14. The van der Waals surface area contributed by atoms with Gasteiger partial charge in [-0.3, -0.25) is 0 Å². The van der Waals surface area contributed by atoms with Crippen molar-refractivity contribution in [2.24, 2.45) is 0 Å². The molecule has 0 unspecified atom stereocenters. The Morgan fingerprint density at radius 1 is 1.41 bits per heavy atom. The number of rotatable bonds is 5. The first-order chi connectivity index (χ1) is 7.91. The first kappa shape index (κ1) is 13.9. The maximum atomic E-state index is 14.1. The predicted octanol–water partition coefficient (Wildman–Crippen LogP) is 1.000. The Bertz CT molecular complexity index is 500. The standard InChI is InChI=1S/C11H16FNO3S/c1-13-7-6-8-4-5-9(16-2)11(10(8)12)17(3,14)15/h4-5,13H,6-7H2,1-3H3. The molecule has 0 aliphatic heterocycles. The van der Waals surface area contributed by atoms with E-state index in [1.807, 2.05) is 0 Å². The van der Waals surface area contributed by atoms with Crippen molar-refractivity contribution in [1.29, 1.82) is 0 Å². The third kappa shape index (κ3) is 3.17. The van der Waals surface area contributed by atoms with Crippen molar-refractivity contribution in [2.45, 2.75) is 11.3 Å². The van der Waals surface area contributed by atoms with E-state index in [4.69, 9.17) is 4.74 Å². The molecule has 0 saturated heterocycles. The van der Waals surface area contributed by atoms with Crippen LogP contribution in [0.4, 0.5) is 4.39 Å². The molecular formula is C11H16FNO3S. The molecule has 0 aliphatic rings. The second-order valence-corrected chi connectivity index (χ2v) is 5.65. The van der Waals surface area contributed by atoms with E-state index in [0.29, 0.717) is 18.5 Å². The number of ether oxygens (including phenoxy) is 1. The third-order valence-corrected chi connectivity index (χ3v) is 3.50. The Balaban J connectivity index is 3.33. The van der Waals surface area contributed by atoms with Crippen LogP contribution in [0.5, 0.6) is 5.75 Å². The van der Waals surface area contributed by atoms with E-state index in [2.05, 4.69) is 5.32 Å². The minimum Gasteiger partial charge on any atom is -0.495 e. The zero-order valence-corrected chi connectivity index (χ0v) is 10.9. The summed E-state index contributed by atoms with van der Waals surface area (Å²) in [7, 11) is -0.579. The molecule has 0 spiro atoms. The Morgan fingerprint density at radius 2 is 2.06 bits per heavy atom. The average molecular weight is 261 g/mol. The lowest BCUT2D eigenvalue weighted by molar-refractivity contribution is 0.393. The number of sulfone groups is 1. The van der Waals surface area contributed by atoms with Crippen molar-refractivity contribution in [3.63, 3.8) is 0 Å². The number of benzene rings is 1. The van der Waals surface area contributed by atoms with Crippen LogP contribution in [0.25, 0.3) is 0 Å². The quantitative estimate of drug-likeness (QED) is 0.859. The molecule has 1 aromatic carbocycles. The number of methoxy groups -OCH3 is 1. The molecule has 0 atom stereocenters. The van der Waals surface area contributed by atoms with Crippen LogP contribution >= 0.6 is 0 Å². The van der Waals surface area contributed by atoms with E-state index < -0.39 is 15.7 Å². The number of halogens is 1. The van der Waals surface area contributed by atoms with E-state index >= 15 is 0 Å². The average Bonchev–Trinajstić information content (AvgIpc) is 2.25. The van der Waals surface area contributed by atoms with Gasteiger partial charge in [-0.1, -0.05) is 6.07 Å². The molecular weight excluding hydrogens is 245 g/mol. The van der Waals surface area contributed by atoms with Gasteiger partial charge in [0.1, 0.15) is 16.5 Å². The maximum Gasteiger partial charge on any atom is 0.182 e. The van der Waals surface area contributed by atoms with Crippen molar-refractivity contribution in [1.82, 2.24) is 5.32 Å². The van der Waals surface area contributed by atoms with Gasteiger partial charge in [-0.05, 0) is 31.6 Å². The monoisotopic (exact) mass is 261 g/mol. The first-order valence-electron chi connectivity index (χ1n) is 5.11. The molecule has 0 heterocycles. The van der Waals surface area contributed by atoms with Gasteiger partial charge in [0, 0.05) is 6.26 Å². The third-order valence-electron chi connectivity index (χ3n) is 2.38. The van der Waals surface area contributed by atoms with Gasteiger partial charge in [0.15, 0.2) is 9.84 Å². The van der Waals surface area contributed by atoms with E-state index in [1.54, 1.807) is 13.1 Å². The van der Waals surface area contributed by atoms with Crippen LogP contribution in [0, 0.1) is 5.82 Å². The van der Waals surface area contributed by atoms with Crippen LogP contribution in [0.2, 0.25) is 0 Å². The summed E-state index contributed by atoms with van der Waals surface area (Å²) < 4.78 is 42.0. The Labute approximate surface area is 101 Å². The highest BCUT2D eigenvalue weighted by Crippen LogP contribution is 2.28. The van der Waals surface area contributed by atoms with E-state index in [1.165, 1.54) is 13.2 Å². The molecule has 0 aliphatic carbocycles. The molecule has 4 nitrogen and oxygen atoms in total. The molecule has 96 valence electrons. The van der Waals surface area contributed by atoms with Crippen LogP contribution in [0.1, 0.15) is 5.56 Å². The summed E-state index contributed by atoms with van der Waals surface area (Å²) >= 11 is 0. The van der Waals surface area contributed by atoms with Gasteiger partial charge < -0.3 is 10.1 Å². The lowest BCUT2D eigenvalue weighted by Gasteiger charge is -2.11. The molecule has 6 heteroatoms. The summed E-state index contributed by atoms with van der Waals surface area (Å²) in [5, 5.41) is 2.88. The van der Waals surface area contributed by atoms with Crippen LogP contribution in [-0.4, -0.2) is 35.4 Å². The second-order valence-electron chi connectivity index (χ2n) is 3.70. The fourth-order valence-corrected chi connectivity index (χ4v) is 2.51. The number of likely N-dealkylation sites (N-methyl/N-ethyl adjacent to an activating group) is 1. The van der Waals surface area contributed by atoms with E-state index in [0.717, 1.165) is 6.26 Å². The highest BCUT2D eigenvalue weighted by atomic mass is 32.2. The molecule has 0 fully saturated rings. The molecule has 0 radical (unpaired) electrons. The number of hydrogen-bond acceptors (Lipinski definition) is 4. The van der Waals surface area contributed by atoms with Gasteiger partial charge in [0.2, 0.25) is 0 Å². The van der Waals surface area contributed by atoms with Crippen LogP contribution in [-0.2, 0) is 16.3 Å². The lowest BCUT2D eigenvalue weighted by Crippen LogP contribution is -2.13. The summed E-state index contributed by atoms with van der Waals surface area (Å²) in [6.07, 6.45) is 1.39. The minimum atomic E-state index is -3.64. The number of hydrogen-bond donors (Lipinski definition) is 1. The van der Waals surface area contributed by atoms with Gasteiger partial charge >= 0.3 is 0 Å². The fourth-order valence-electron chi connectivity index (χ4n) is 1.54. The van der Waals surface area contributed by atoms with E-state index in [-0.39, 0.29) is 10.6 Å². The first-order valence-corrected chi connectivity index (χ1v) is 7.01. The van der Waals surface area contributed by atoms with Gasteiger partial charge in [-0.25, -0.2) is 12.8 Å². The zero-order chi connectivity index (χ0) is 13.1. The largest absolute Gasteiger partial charge is 0.495 e.